The number of benzene rings is 3. The van der Waals surface area contributed by atoms with E-state index in [1.54, 1.807) is 35.9 Å². The summed E-state index contributed by atoms with van der Waals surface area (Å²) in [6.07, 6.45) is 0. The highest BCUT2D eigenvalue weighted by Gasteiger charge is 2.20. The fourth-order valence-corrected chi connectivity index (χ4v) is 5.04. The van der Waals surface area contributed by atoms with Gasteiger partial charge in [0.15, 0.2) is 29.0 Å². The second kappa shape index (κ2) is 10.8. The number of aromatic hydroxyl groups is 1. The normalized spacial score (nSPS) is 11.1. The first kappa shape index (κ1) is 26.8. The Labute approximate surface area is 229 Å². The summed E-state index contributed by atoms with van der Waals surface area (Å²) in [5.41, 5.74) is 1.19. The SMILES string of the molecule is C=C(c1ccc(OCCOc2c(-c3ccc(F)c(F)c3)n(C)c3ccccc3c2=O)c(F)c1)c1sc(=O)[nH]c1O. The Balaban J connectivity index is 1.37. The first-order valence-electron chi connectivity index (χ1n) is 11.9. The second-order valence-corrected chi connectivity index (χ2v) is 9.71. The molecule has 3 aromatic carbocycles. The van der Waals surface area contributed by atoms with E-state index >= 15 is 0 Å². The Morgan fingerprint density at radius 3 is 2.42 bits per heavy atom. The molecule has 2 heterocycles. The van der Waals surface area contributed by atoms with E-state index in [4.69, 9.17) is 9.47 Å². The van der Waals surface area contributed by atoms with Crippen molar-refractivity contribution in [2.45, 2.75) is 0 Å². The molecular formula is C29H21F3N2O5S. The first-order valence-corrected chi connectivity index (χ1v) is 12.7. The molecule has 0 spiro atoms. The Bertz CT molecular complexity index is 1890. The zero-order valence-electron chi connectivity index (χ0n) is 21.0. The van der Waals surface area contributed by atoms with Gasteiger partial charge >= 0.3 is 4.87 Å². The number of H-pyrrole nitrogens is 1. The number of para-hydroxylation sites is 1. The third kappa shape index (κ3) is 4.98. The monoisotopic (exact) mass is 566 g/mol. The van der Waals surface area contributed by atoms with Gasteiger partial charge in [0.2, 0.25) is 11.3 Å². The number of nitrogens with one attached hydrogen (secondary N) is 1. The predicted molar refractivity (Wildman–Crippen MR) is 147 cm³/mol. The fourth-order valence-electron chi connectivity index (χ4n) is 4.32. The Hall–Kier alpha value is -4.77. The van der Waals surface area contributed by atoms with Crippen molar-refractivity contribution in [3.8, 4) is 28.6 Å². The van der Waals surface area contributed by atoms with Crippen LogP contribution >= 0.6 is 11.3 Å². The number of ether oxygens (including phenoxy) is 2. The van der Waals surface area contributed by atoms with Crippen LogP contribution in [0.5, 0.6) is 17.4 Å². The largest absolute Gasteiger partial charge is 0.493 e. The number of thiazole rings is 1. The van der Waals surface area contributed by atoms with Crippen LogP contribution in [0.4, 0.5) is 13.2 Å². The van der Waals surface area contributed by atoms with Crippen molar-refractivity contribution in [2.75, 3.05) is 13.2 Å². The van der Waals surface area contributed by atoms with Crippen LogP contribution in [0.1, 0.15) is 10.4 Å². The van der Waals surface area contributed by atoms with Gasteiger partial charge in [-0.25, -0.2) is 13.2 Å². The fraction of sp³-hybridized carbons (Fsp3) is 0.103. The number of rotatable bonds is 8. The van der Waals surface area contributed by atoms with E-state index in [-0.39, 0.29) is 52.3 Å². The Morgan fingerprint density at radius 1 is 0.975 bits per heavy atom. The zero-order chi connectivity index (χ0) is 28.6. The van der Waals surface area contributed by atoms with Gasteiger partial charge in [-0.2, -0.15) is 0 Å². The zero-order valence-corrected chi connectivity index (χ0v) is 21.8. The molecule has 0 saturated carbocycles. The van der Waals surface area contributed by atoms with Crippen LogP contribution in [0, 0.1) is 17.5 Å². The van der Waals surface area contributed by atoms with Crippen LogP contribution in [-0.2, 0) is 7.05 Å². The molecule has 2 N–H and O–H groups in total. The summed E-state index contributed by atoms with van der Waals surface area (Å²) in [6, 6.07) is 14.2. The van der Waals surface area contributed by atoms with Crippen molar-refractivity contribution in [1.29, 1.82) is 0 Å². The van der Waals surface area contributed by atoms with Gasteiger partial charge in [-0.1, -0.05) is 36.1 Å². The summed E-state index contributed by atoms with van der Waals surface area (Å²) < 4.78 is 55.4. The second-order valence-electron chi connectivity index (χ2n) is 8.72. The number of hydrogen-bond donors (Lipinski definition) is 2. The molecule has 0 radical (unpaired) electrons. The molecule has 0 bridgehead atoms. The molecule has 0 saturated heterocycles. The third-order valence-corrected chi connectivity index (χ3v) is 7.16. The lowest BCUT2D eigenvalue weighted by Gasteiger charge is -2.18. The van der Waals surface area contributed by atoms with Gasteiger partial charge in [0.05, 0.1) is 16.1 Å². The number of aromatic amines is 1. The molecule has 5 aromatic rings. The molecule has 0 aliphatic rings. The van der Waals surface area contributed by atoms with Gasteiger partial charge < -0.3 is 19.1 Å². The maximum absolute atomic E-state index is 14.8. The molecule has 204 valence electrons. The summed E-state index contributed by atoms with van der Waals surface area (Å²) in [6.45, 7) is 3.51. The smallest absolute Gasteiger partial charge is 0.307 e. The highest BCUT2D eigenvalue weighted by Crippen LogP contribution is 2.33. The number of aryl methyl sites for hydroxylation is 1. The number of fused-ring (bicyclic) bond motifs is 1. The lowest BCUT2D eigenvalue weighted by molar-refractivity contribution is 0.210. The van der Waals surface area contributed by atoms with Crippen molar-refractivity contribution >= 4 is 27.8 Å². The highest BCUT2D eigenvalue weighted by molar-refractivity contribution is 7.10. The summed E-state index contributed by atoms with van der Waals surface area (Å²) >= 11 is 0.748. The predicted octanol–water partition coefficient (Wildman–Crippen LogP) is 5.60. The van der Waals surface area contributed by atoms with Gasteiger partial charge in [0, 0.05) is 18.0 Å². The summed E-state index contributed by atoms with van der Waals surface area (Å²) in [5, 5.41) is 10.2. The maximum Gasteiger partial charge on any atom is 0.307 e. The van der Waals surface area contributed by atoms with Crippen molar-refractivity contribution in [1.82, 2.24) is 9.55 Å². The molecule has 5 rings (SSSR count). The van der Waals surface area contributed by atoms with E-state index < -0.39 is 27.8 Å². The Kier molecular flexibility index (Phi) is 7.22. The lowest BCUT2D eigenvalue weighted by atomic mass is 10.1. The van der Waals surface area contributed by atoms with E-state index in [0.717, 1.165) is 29.5 Å². The molecule has 0 fully saturated rings. The van der Waals surface area contributed by atoms with E-state index in [1.807, 2.05) is 0 Å². The molecule has 0 aliphatic carbocycles. The average molecular weight is 567 g/mol. The average Bonchev–Trinajstić information content (AvgIpc) is 3.28. The topological polar surface area (TPSA) is 93.5 Å². The van der Waals surface area contributed by atoms with Crippen molar-refractivity contribution < 1.29 is 27.8 Å². The van der Waals surface area contributed by atoms with Crippen molar-refractivity contribution in [2.24, 2.45) is 7.05 Å². The van der Waals surface area contributed by atoms with E-state index in [2.05, 4.69) is 11.6 Å². The number of aromatic nitrogens is 2. The molecule has 0 amide bonds. The number of halogens is 3. The molecule has 2 aromatic heterocycles. The summed E-state index contributed by atoms with van der Waals surface area (Å²) in [5.74, 6) is -3.35. The minimum absolute atomic E-state index is 0.0896. The number of pyridine rings is 1. The van der Waals surface area contributed by atoms with E-state index in [0.29, 0.717) is 16.5 Å². The van der Waals surface area contributed by atoms with Crippen molar-refractivity contribution in [3.63, 3.8) is 0 Å². The van der Waals surface area contributed by atoms with Gasteiger partial charge in [0.1, 0.15) is 13.2 Å². The maximum atomic E-state index is 14.8. The lowest BCUT2D eigenvalue weighted by Crippen LogP contribution is -2.18. The molecule has 0 aliphatic heterocycles. The molecular weight excluding hydrogens is 545 g/mol. The van der Waals surface area contributed by atoms with Crippen LogP contribution in [0.15, 0.2) is 76.8 Å². The van der Waals surface area contributed by atoms with Gasteiger partial charge in [-0.15, -0.1) is 0 Å². The molecule has 11 heteroatoms. The third-order valence-electron chi connectivity index (χ3n) is 6.23. The van der Waals surface area contributed by atoms with E-state index in [1.165, 1.54) is 18.2 Å². The molecule has 7 nitrogen and oxygen atoms in total. The van der Waals surface area contributed by atoms with Crippen LogP contribution < -0.4 is 19.8 Å². The van der Waals surface area contributed by atoms with Gasteiger partial charge in [-0.05, 0) is 53.6 Å². The van der Waals surface area contributed by atoms with Gasteiger partial charge in [-0.3, -0.25) is 14.6 Å². The minimum atomic E-state index is -1.07. The molecule has 40 heavy (non-hydrogen) atoms. The Morgan fingerprint density at radius 2 is 1.73 bits per heavy atom. The van der Waals surface area contributed by atoms with E-state index in [9.17, 15) is 27.9 Å². The quantitative estimate of drug-likeness (QED) is 0.239. The summed E-state index contributed by atoms with van der Waals surface area (Å²) in [4.78, 5) is 26.7. The van der Waals surface area contributed by atoms with Crippen LogP contribution in [0.2, 0.25) is 0 Å². The summed E-state index contributed by atoms with van der Waals surface area (Å²) in [7, 11) is 1.68. The molecule has 0 atom stereocenters. The number of nitrogens with zero attached hydrogens (tertiary/aromatic N) is 1. The first-order chi connectivity index (χ1) is 19.2. The minimum Gasteiger partial charge on any atom is -0.493 e. The van der Waals surface area contributed by atoms with Crippen LogP contribution in [0.3, 0.4) is 0 Å². The van der Waals surface area contributed by atoms with Crippen LogP contribution in [0.25, 0.3) is 27.7 Å². The van der Waals surface area contributed by atoms with Crippen LogP contribution in [-0.4, -0.2) is 27.9 Å². The number of hydrogen-bond acceptors (Lipinski definition) is 6. The van der Waals surface area contributed by atoms with Gasteiger partial charge in [0.25, 0.3) is 0 Å². The van der Waals surface area contributed by atoms with Crippen molar-refractivity contribution in [3.05, 3.63) is 115 Å². The standard InChI is InChI=1S/C29H21F3N2O5S/c1-15(27-28(36)33-29(37)40-27)16-8-10-23(21(32)13-16)38-11-12-39-26-24(17-7-9-19(30)20(31)14-17)34(2)22-6-4-3-5-18(22)25(26)35/h3-10,13-14,36H,1,11-12H2,2H3,(H,33,37). The molecule has 0 unspecified atom stereocenters. The highest BCUT2D eigenvalue weighted by atomic mass is 32.1.